The molecule has 0 amide bonds. The number of hydrogen-bond donors (Lipinski definition) is 1. The Kier molecular flexibility index (Phi) is 6.08. The average molecular weight is 399 g/mol. The number of hydrogen-bond acceptors (Lipinski definition) is 6. The maximum Gasteiger partial charge on any atom is 0.267 e. The molecule has 0 saturated carbocycles. The van der Waals surface area contributed by atoms with E-state index in [-0.39, 0.29) is 11.1 Å². The van der Waals surface area contributed by atoms with Gasteiger partial charge in [-0.15, -0.1) is 0 Å². The number of fused-ring (bicyclic) bond motifs is 1. The first-order valence-electron chi connectivity index (χ1n) is 10.7. The zero-order valence-corrected chi connectivity index (χ0v) is 17.1. The molecule has 1 saturated heterocycles. The molecular formula is C21H30N6O2. The number of nitrogens with one attached hydrogen (secondary N) is 1. The molecule has 2 aromatic rings. The molecule has 1 aliphatic heterocycles. The van der Waals surface area contributed by atoms with Crippen molar-refractivity contribution in [1.82, 2.24) is 24.5 Å². The summed E-state index contributed by atoms with van der Waals surface area (Å²) in [5.41, 5.74) is 2.15. The van der Waals surface area contributed by atoms with Crippen LogP contribution in [0, 0.1) is 0 Å². The lowest BCUT2D eigenvalue weighted by molar-refractivity contribution is 0.147. The molecule has 8 nitrogen and oxygen atoms in total. The Bertz CT molecular complexity index is 966. The predicted octanol–water partition coefficient (Wildman–Crippen LogP) is 1.18. The number of aryl methyl sites for hydroxylation is 3. The Morgan fingerprint density at radius 3 is 2.76 bits per heavy atom. The summed E-state index contributed by atoms with van der Waals surface area (Å²) in [7, 11) is 1.66. The molecular weight excluding hydrogens is 368 g/mol. The summed E-state index contributed by atoms with van der Waals surface area (Å²) >= 11 is 0. The highest BCUT2D eigenvalue weighted by atomic mass is 16.1. The maximum atomic E-state index is 12.4. The first kappa shape index (κ1) is 19.8. The molecule has 0 spiro atoms. The van der Waals surface area contributed by atoms with Crippen LogP contribution in [0.5, 0.6) is 0 Å². The molecule has 1 unspecified atom stereocenters. The molecule has 1 aliphatic carbocycles. The van der Waals surface area contributed by atoms with Gasteiger partial charge in [0.2, 0.25) is 0 Å². The minimum Gasteiger partial charge on any atom is -0.367 e. The van der Waals surface area contributed by atoms with Crippen LogP contribution in [0.4, 0.5) is 5.82 Å². The van der Waals surface area contributed by atoms with Crippen molar-refractivity contribution < 1.29 is 0 Å². The first-order chi connectivity index (χ1) is 14.1. The number of rotatable bonds is 6. The third kappa shape index (κ3) is 4.75. The molecule has 0 bridgehead atoms. The second-order valence-electron chi connectivity index (χ2n) is 8.13. The largest absolute Gasteiger partial charge is 0.367 e. The molecule has 8 heteroatoms. The summed E-state index contributed by atoms with van der Waals surface area (Å²) in [4.78, 5) is 26.4. The van der Waals surface area contributed by atoms with E-state index in [9.17, 15) is 9.59 Å². The van der Waals surface area contributed by atoms with Gasteiger partial charge in [-0.25, -0.2) is 9.36 Å². The molecule has 2 aromatic heterocycles. The van der Waals surface area contributed by atoms with E-state index in [1.165, 1.54) is 23.6 Å². The molecule has 1 atom stereocenters. The fourth-order valence-electron chi connectivity index (χ4n) is 4.39. The Hall–Kier alpha value is -2.48. The summed E-state index contributed by atoms with van der Waals surface area (Å²) in [5, 5.41) is 12.3. The van der Waals surface area contributed by atoms with Gasteiger partial charge < -0.3 is 5.32 Å². The first-order valence-corrected chi connectivity index (χ1v) is 10.7. The van der Waals surface area contributed by atoms with Gasteiger partial charge in [0.1, 0.15) is 5.82 Å². The van der Waals surface area contributed by atoms with E-state index >= 15 is 0 Å². The topological polar surface area (TPSA) is 85.1 Å². The van der Waals surface area contributed by atoms with Gasteiger partial charge in [-0.1, -0.05) is 6.42 Å². The SMILES string of the molecule is Cn1nc(NCC2CCCCN2CCn2nc3c(cc2=O)CCCC3)ccc1=O. The molecule has 1 fully saturated rings. The molecule has 1 N–H and O–H groups in total. The lowest BCUT2D eigenvalue weighted by Crippen LogP contribution is -2.46. The molecule has 29 heavy (non-hydrogen) atoms. The van der Waals surface area contributed by atoms with Crippen LogP contribution in [0.3, 0.4) is 0 Å². The standard InChI is InChI=1S/C21H30N6O2/c1-25-20(28)10-9-19(24-25)22-15-17-7-4-5-11-26(17)12-13-27-21(29)14-16-6-2-3-8-18(16)23-27/h9-10,14,17H,2-8,11-13,15H2,1H3,(H,22,24). The van der Waals surface area contributed by atoms with Gasteiger partial charge in [0.05, 0.1) is 12.2 Å². The minimum absolute atomic E-state index is 0.0201. The Labute approximate surface area is 170 Å². The van der Waals surface area contributed by atoms with Gasteiger partial charge in [0.25, 0.3) is 11.1 Å². The second-order valence-corrected chi connectivity index (χ2v) is 8.13. The fourth-order valence-corrected chi connectivity index (χ4v) is 4.39. The van der Waals surface area contributed by atoms with E-state index in [1.54, 1.807) is 23.9 Å². The van der Waals surface area contributed by atoms with Crippen molar-refractivity contribution >= 4 is 5.82 Å². The van der Waals surface area contributed by atoms with Gasteiger partial charge in [0.15, 0.2) is 0 Å². The molecule has 0 aromatic carbocycles. The molecule has 0 radical (unpaired) electrons. The normalized spacial score (nSPS) is 19.7. The smallest absolute Gasteiger partial charge is 0.267 e. The Morgan fingerprint density at radius 2 is 1.90 bits per heavy atom. The van der Waals surface area contributed by atoms with Crippen LogP contribution in [0.1, 0.15) is 43.4 Å². The average Bonchev–Trinajstić information content (AvgIpc) is 2.73. The van der Waals surface area contributed by atoms with Crippen LogP contribution < -0.4 is 16.4 Å². The third-order valence-corrected chi connectivity index (χ3v) is 6.10. The van der Waals surface area contributed by atoms with Crippen LogP contribution in [-0.4, -0.2) is 50.1 Å². The fraction of sp³-hybridized carbons (Fsp3) is 0.619. The van der Waals surface area contributed by atoms with Gasteiger partial charge in [-0.05, 0) is 56.7 Å². The van der Waals surface area contributed by atoms with Crippen molar-refractivity contribution in [3.05, 3.63) is 50.2 Å². The van der Waals surface area contributed by atoms with Crippen LogP contribution in [0.15, 0.2) is 27.8 Å². The maximum absolute atomic E-state index is 12.4. The van der Waals surface area contributed by atoms with Gasteiger partial charge >= 0.3 is 0 Å². The highest BCUT2D eigenvalue weighted by Gasteiger charge is 2.22. The van der Waals surface area contributed by atoms with Crippen LogP contribution in [-0.2, 0) is 26.4 Å². The Balaban J connectivity index is 1.38. The summed E-state index contributed by atoms with van der Waals surface area (Å²) in [6, 6.07) is 5.44. The van der Waals surface area contributed by atoms with E-state index in [4.69, 9.17) is 0 Å². The number of aromatic nitrogens is 4. The highest BCUT2D eigenvalue weighted by molar-refractivity contribution is 5.32. The summed E-state index contributed by atoms with van der Waals surface area (Å²) < 4.78 is 2.99. The van der Waals surface area contributed by atoms with Crippen LogP contribution >= 0.6 is 0 Å². The highest BCUT2D eigenvalue weighted by Crippen LogP contribution is 2.19. The number of anilines is 1. The van der Waals surface area contributed by atoms with Crippen molar-refractivity contribution in [3.63, 3.8) is 0 Å². The van der Waals surface area contributed by atoms with E-state index < -0.39 is 0 Å². The number of likely N-dealkylation sites (tertiary alicyclic amines) is 1. The number of piperidine rings is 1. The molecule has 3 heterocycles. The molecule has 156 valence electrons. The van der Waals surface area contributed by atoms with Crippen molar-refractivity contribution in [2.75, 3.05) is 25.0 Å². The molecule has 2 aliphatic rings. The summed E-state index contributed by atoms with van der Waals surface area (Å²) in [6.07, 6.45) is 7.80. The van der Waals surface area contributed by atoms with Crippen LogP contribution in [0.2, 0.25) is 0 Å². The lowest BCUT2D eigenvalue weighted by Gasteiger charge is -2.36. The van der Waals surface area contributed by atoms with E-state index in [0.29, 0.717) is 18.4 Å². The second kappa shape index (κ2) is 8.90. The summed E-state index contributed by atoms with van der Waals surface area (Å²) in [6.45, 7) is 3.25. The van der Waals surface area contributed by atoms with E-state index in [1.807, 2.05) is 0 Å². The lowest BCUT2D eigenvalue weighted by atomic mass is 9.97. The zero-order valence-electron chi connectivity index (χ0n) is 17.1. The van der Waals surface area contributed by atoms with Crippen molar-refractivity contribution in [1.29, 1.82) is 0 Å². The van der Waals surface area contributed by atoms with Gasteiger partial charge in [0, 0.05) is 38.3 Å². The summed E-state index contributed by atoms with van der Waals surface area (Å²) in [5.74, 6) is 0.713. The van der Waals surface area contributed by atoms with Gasteiger partial charge in [-0.2, -0.15) is 10.2 Å². The monoisotopic (exact) mass is 398 g/mol. The minimum atomic E-state index is -0.113. The van der Waals surface area contributed by atoms with E-state index in [2.05, 4.69) is 20.4 Å². The Morgan fingerprint density at radius 1 is 1.03 bits per heavy atom. The van der Waals surface area contributed by atoms with E-state index in [0.717, 1.165) is 63.0 Å². The van der Waals surface area contributed by atoms with Crippen molar-refractivity contribution in [3.8, 4) is 0 Å². The quantitative estimate of drug-likeness (QED) is 0.787. The van der Waals surface area contributed by atoms with Crippen molar-refractivity contribution in [2.45, 2.75) is 57.5 Å². The molecule has 4 rings (SSSR count). The van der Waals surface area contributed by atoms with Crippen molar-refractivity contribution in [2.24, 2.45) is 7.05 Å². The third-order valence-electron chi connectivity index (χ3n) is 6.10. The number of nitrogens with zero attached hydrogens (tertiary/aromatic N) is 5. The van der Waals surface area contributed by atoms with Crippen LogP contribution in [0.25, 0.3) is 0 Å². The zero-order chi connectivity index (χ0) is 20.2. The van der Waals surface area contributed by atoms with Gasteiger partial charge in [-0.3, -0.25) is 14.5 Å². The predicted molar refractivity (Wildman–Crippen MR) is 112 cm³/mol.